The molecule has 2 aliphatic heterocycles. The highest BCUT2D eigenvalue weighted by Crippen LogP contribution is 2.31. The first kappa shape index (κ1) is 14.2. The van der Waals surface area contributed by atoms with Crippen LogP contribution in [0.5, 0.6) is 0 Å². The summed E-state index contributed by atoms with van der Waals surface area (Å²) < 4.78 is 0. The maximum absolute atomic E-state index is 11.5. The van der Waals surface area contributed by atoms with E-state index in [1.54, 1.807) is 6.20 Å². The van der Waals surface area contributed by atoms with Crippen LogP contribution in [-0.4, -0.2) is 47.2 Å². The fourth-order valence-electron chi connectivity index (χ4n) is 3.15. The largest absolute Gasteiger partial charge is 0.478 e. The average Bonchev–Trinajstić information content (AvgIpc) is 2.59. The number of carboxylic acid groups (broad SMARTS) is 1. The minimum atomic E-state index is -0.871. The first-order valence-corrected chi connectivity index (χ1v) is 7.80. The summed E-state index contributed by atoms with van der Waals surface area (Å²) in [6.07, 6.45) is 2.13. The number of hydrogen-bond donors (Lipinski definition) is 2. The predicted molar refractivity (Wildman–Crippen MR) is 88.1 cm³/mol. The van der Waals surface area contributed by atoms with Crippen LogP contribution in [0.1, 0.15) is 5.56 Å². The van der Waals surface area contributed by atoms with E-state index in [9.17, 15) is 9.90 Å². The number of benzene rings is 1. The molecule has 6 heteroatoms. The van der Waals surface area contributed by atoms with Crippen molar-refractivity contribution in [3.8, 4) is 0 Å². The summed E-state index contributed by atoms with van der Waals surface area (Å²) in [7, 11) is 0. The molecule has 0 atom stereocenters. The zero-order valence-corrected chi connectivity index (χ0v) is 12.7. The van der Waals surface area contributed by atoms with Crippen molar-refractivity contribution in [2.75, 3.05) is 31.2 Å². The molecule has 6 nitrogen and oxygen atoms in total. The van der Waals surface area contributed by atoms with E-state index in [-0.39, 0.29) is 0 Å². The lowest BCUT2D eigenvalue weighted by molar-refractivity contribution is -0.132. The zero-order chi connectivity index (χ0) is 15.8. The van der Waals surface area contributed by atoms with Crippen LogP contribution in [0, 0.1) is 0 Å². The van der Waals surface area contributed by atoms with Crippen LogP contribution < -0.4 is 10.3 Å². The highest BCUT2D eigenvalue weighted by atomic mass is 16.4. The molecule has 1 fully saturated rings. The van der Waals surface area contributed by atoms with E-state index in [2.05, 4.69) is 16.4 Å². The number of para-hydroxylation sites is 1. The van der Waals surface area contributed by atoms with Crippen molar-refractivity contribution in [3.63, 3.8) is 0 Å². The second-order valence-corrected chi connectivity index (χ2v) is 5.85. The van der Waals surface area contributed by atoms with Gasteiger partial charge >= 0.3 is 5.97 Å². The van der Waals surface area contributed by atoms with Gasteiger partial charge in [-0.25, -0.2) is 14.8 Å². The Morgan fingerprint density at radius 2 is 2.00 bits per heavy atom. The number of anilines is 1. The highest BCUT2D eigenvalue weighted by molar-refractivity contribution is 5.90. The second kappa shape index (κ2) is 5.64. The van der Waals surface area contributed by atoms with E-state index < -0.39 is 5.97 Å². The molecule has 0 bridgehead atoms. The Kier molecular flexibility index (Phi) is 3.48. The summed E-state index contributed by atoms with van der Waals surface area (Å²) in [5, 5.41) is 17.9. The van der Waals surface area contributed by atoms with E-state index in [0.717, 1.165) is 48.5 Å². The molecular formula is C17H18N4O2. The zero-order valence-electron chi connectivity index (χ0n) is 12.7. The SMILES string of the molecule is O=C(O)C1=CN(N2CCNCC2)c2nc3ccccc3cc2C1. The van der Waals surface area contributed by atoms with Gasteiger partial charge in [-0.1, -0.05) is 18.2 Å². The van der Waals surface area contributed by atoms with Gasteiger partial charge in [0.15, 0.2) is 5.82 Å². The Balaban J connectivity index is 1.83. The summed E-state index contributed by atoms with van der Waals surface area (Å²) in [5.41, 5.74) is 2.29. The van der Waals surface area contributed by atoms with Crippen LogP contribution in [0.4, 0.5) is 5.82 Å². The predicted octanol–water partition coefficient (Wildman–Crippen LogP) is 1.39. The lowest BCUT2D eigenvalue weighted by Crippen LogP contribution is -2.52. The molecule has 0 amide bonds. The van der Waals surface area contributed by atoms with Gasteiger partial charge in [0.05, 0.1) is 11.1 Å². The molecule has 2 N–H and O–H groups in total. The van der Waals surface area contributed by atoms with Crippen molar-refractivity contribution in [1.29, 1.82) is 0 Å². The van der Waals surface area contributed by atoms with E-state index in [1.807, 2.05) is 29.3 Å². The van der Waals surface area contributed by atoms with Gasteiger partial charge in [0.2, 0.25) is 0 Å². The van der Waals surface area contributed by atoms with Gasteiger partial charge < -0.3 is 10.4 Å². The van der Waals surface area contributed by atoms with Crippen LogP contribution in [0.2, 0.25) is 0 Å². The summed E-state index contributed by atoms with van der Waals surface area (Å²) in [4.78, 5) is 16.3. The van der Waals surface area contributed by atoms with Crippen molar-refractivity contribution in [2.24, 2.45) is 0 Å². The Morgan fingerprint density at radius 3 is 2.78 bits per heavy atom. The van der Waals surface area contributed by atoms with Gasteiger partial charge in [-0.2, -0.15) is 0 Å². The molecule has 0 spiro atoms. The van der Waals surface area contributed by atoms with Crippen molar-refractivity contribution in [2.45, 2.75) is 6.42 Å². The number of hydrazine groups is 1. The Hall–Kier alpha value is -2.44. The number of nitrogens with zero attached hydrogens (tertiary/aromatic N) is 3. The lowest BCUT2D eigenvalue weighted by Gasteiger charge is -2.39. The van der Waals surface area contributed by atoms with Gasteiger partial charge in [0.1, 0.15) is 0 Å². The normalized spacial score (nSPS) is 18.6. The Labute approximate surface area is 134 Å². The molecule has 0 saturated carbocycles. The minimum absolute atomic E-state index is 0.396. The first-order chi connectivity index (χ1) is 11.2. The fraction of sp³-hybridized carbons (Fsp3) is 0.294. The Bertz CT molecular complexity index is 796. The van der Waals surface area contributed by atoms with Gasteiger partial charge in [0, 0.05) is 49.7 Å². The quantitative estimate of drug-likeness (QED) is 0.873. The second-order valence-electron chi connectivity index (χ2n) is 5.85. The molecule has 0 radical (unpaired) electrons. The standard InChI is InChI=1S/C17H18N4O2/c22-17(23)14-10-13-9-12-3-1-2-4-15(12)19-16(13)21(11-14)20-7-5-18-6-8-20/h1-4,9,11,18H,5-8,10H2,(H,22,23). The third kappa shape index (κ3) is 2.56. The molecule has 0 unspecified atom stereocenters. The van der Waals surface area contributed by atoms with Crippen LogP contribution in [0.3, 0.4) is 0 Å². The number of carbonyl (C=O) groups is 1. The molecule has 2 aliphatic rings. The number of pyridine rings is 1. The topological polar surface area (TPSA) is 68.7 Å². The maximum atomic E-state index is 11.5. The molecule has 1 aromatic heterocycles. The average molecular weight is 310 g/mol. The lowest BCUT2D eigenvalue weighted by atomic mass is 10.0. The van der Waals surface area contributed by atoms with Gasteiger partial charge in [-0.05, 0) is 12.1 Å². The molecule has 2 aromatic rings. The summed E-state index contributed by atoms with van der Waals surface area (Å²) in [6.45, 7) is 3.43. The van der Waals surface area contributed by atoms with Gasteiger partial charge in [-0.15, -0.1) is 0 Å². The smallest absolute Gasteiger partial charge is 0.333 e. The van der Waals surface area contributed by atoms with Crippen molar-refractivity contribution >= 4 is 22.7 Å². The van der Waals surface area contributed by atoms with Crippen LogP contribution >= 0.6 is 0 Å². The number of hydrogen-bond acceptors (Lipinski definition) is 5. The number of carboxylic acids is 1. The molecule has 1 aromatic carbocycles. The Morgan fingerprint density at radius 1 is 1.22 bits per heavy atom. The summed E-state index contributed by atoms with van der Waals surface area (Å²) in [5.74, 6) is -0.0282. The van der Waals surface area contributed by atoms with E-state index in [4.69, 9.17) is 4.98 Å². The maximum Gasteiger partial charge on any atom is 0.333 e. The molecule has 4 rings (SSSR count). The number of nitrogens with one attached hydrogen (secondary N) is 1. The molecule has 0 aliphatic carbocycles. The van der Waals surface area contributed by atoms with Crippen molar-refractivity contribution in [1.82, 2.24) is 15.3 Å². The van der Waals surface area contributed by atoms with Gasteiger partial charge in [-0.3, -0.25) is 5.01 Å². The number of aliphatic carboxylic acids is 1. The third-order valence-corrected chi connectivity index (χ3v) is 4.33. The molecule has 118 valence electrons. The van der Waals surface area contributed by atoms with Crippen molar-refractivity contribution < 1.29 is 9.90 Å². The highest BCUT2D eigenvalue weighted by Gasteiger charge is 2.27. The fourth-order valence-corrected chi connectivity index (χ4v) is 3.15. The third-order valence-electron chi connectivity index (χ3n) is 4.33. The van der Waals surface area contributed by atoms with Gasteiger partial charge in [0.25, 0.3) is 0 Å². The van der Waals surface area contributed by atoms with Crippen LogP contribution in [0.25, 0.3) is 10.9 Å². The van der Waals surface area contributed by atoms with E-state index in [1.165, 1.54) is 0 Å². The number of fused-ring (bicyclic) bond motifs is 2. The first-order valence-electron chi connectivity index (χ1n) is 7.80. The number of piperazine rings is 1. The summed E-state index contributed by atoms with van der Waals surface area (Å²) >= 11 is 0. The molecular weight excluding hydrogens is 292 g/mol. The van der Waals surface area contributed by atoms with Crippen LogP contribution in [-0.2, 0) is 11.2 Å². The minimum Gasteiger partial charge on any atom is -0.478 e. The molecule has 23 heavy (non-hydrogen) atoms. The molecule has 3 heterocycles. The van der Waals surface area contributed by atoms with E-state index in [0.29, 0.717) is 12.0 Å². The molecule has 1 saturated heterocycles. The van der Waals surface area contributed by atoms with E-state index >= 15 is 0 Å². The number of rotatable bonds is 2. The van der Waals surface area contributed by atoms with Crippen LogP contribution in [0.15, 0.2) is 42.1 Å². The monoisotopic (exact) mass is 310 g/mol. The number of aromatic nitrogens is 1. The van der Waals surface area contributed by atoms with Crippen molar-refractivity contribution in [3.05, 3.63) is 47.7 Å². The summed E-state index contributed by atoms with van der Waals surface area (Å²) in [6, 6.07) is 10.0.